The fraction of sp³-hybridized carbons (Fsp3) is 0.368. The van der Waals surface area contributed by atoms with Gasteiger partial charge in [-0.15, -0.1) is 5.10 Å². The highest BCUT2D eigenvalue weighted by atomic mass is 35.5. The van der Waals surface area contributed by atoms with Crippen LogP contribution in [0.4, 0.5) is 10.6 Å². The molecule has 11 heteroatoms. The minimum Gasteiger partial charge on any atom is -0.425 e. The van der Waals surface area contributed by atoms with Crippen molar-refractivity contribution < 1.29 is 19.1 Å². The number of halogens is 1. The number of ether oxygens (including phenoxy) is 1. The molecule has 3 rings (SSSR count). The Labute approximate surface area is 178 Å². The van der Waals surface area contributed by atoms with E-state index in [1.807, 2.05) is 6.07 Å². The number of anilines is 1. The predicted octanol–water partition coefficient (Wildman–Crippen LogP) is 1.14. The number of rotatable bonds is 5. The molecule has 1 aliphatic rings. The molecule has 2 heterocycles. The molecule has 0 unspecified atom stereocenters. The third-order valence-electron chi connectivity index (χ3n) is 4.55. The van der Waals surface area contributed by atoms with Crippen molar-refractivity contribution in [3.05, 3.63) is 41.0 Å². The van der Waals surface area contributed by atoms with Gasteiger partial charge in [0.25, 0.3) is 0 Å². The summed E-state index contributed by atoms with van der Waals surface area (Å²) in [6.45, 7) is 4.00. The lowest BCUT2D eigenvalue weighted by Crippen LogP contribution is -2.49. The van der Waals surface area contributed by atoms with Crippen LogP contribution >= 0.6 is 11.6 Å². The van der Waals surface area contributed by atoms with Gasteiger partial charge in [0, 0.05) is 62.5 Å². The molecule has 0 radical (unpaired) electrons. The van der Waals surface area contributed by atoms with Crippen LogP contribution in [0.1, 0.15) is 12.5 Å². The summed E-state index contributed by atoms with van der Waals surface area (Å²) in [4.78, 5) is 39.1. The van der Waals surface area contributed by atoms with Crippen LogP contribution in [0.25, 0.3) is 0 Å². The first kappa shape index (κ1) is 21.8. The summed E-state index contributed by atoms with van der Waals surface area (Å²) in [6, 6.07) is 6.46. The van der Waals surface area contributed by atoms with Crippen molar-refractivity contribution in [2.75, 3.05) is 38.0 Å². The molecular weight excluding hydrogens is 412 g/mol. The number of aromatic nitrogens is 2. The Morgan fingerprint density at radius 3 is 2.60 bits per heavy atom. The molecule has 0 aliphatic carbocycles. The topological polar surface area (TPSA) is 123 Å². The molecule has 1 aromatic carbocycles. The van der Waals surface area contributed by atoms with Crippen molar-refractivity contribution in [2.45, 2.75) is 13.5 Å². The fourth-order valence-electron chi connectivity index (χ4n) is 3.08. The maximum absolute atomic E-state index is 12.6. The van der Waals surface area contributed by atoms with E-state index in [1.54, 1.807) is 23.1 Å². The number of carbonyl (C=O) groups excluding carboxylic acids is 3. The van der Waals surface area contributed by atoms with E-state index in [2.05, 4.69) is 15.3 Å². The smallest absolute Gasteiger partial charge is 0.344 e. The normalized spacial score (nSPS) is 14.4. The molecule has 160 valence electrons. The number of hydrogen-bond donors (Lipinski definition) is 2. The molecule has 1 aliphatic heterocycles. The second-order valence-electron chi connectivity index (χ2n) is 6.80. The summed E-state index contributed by atoms with van der Waals surface area (Å²) in [5.41, 5.74) is 6.14. The van der Waals surface area contributed by atoms with Crippen LogP contribution in [0.15, 0.2) is 30.5 Å². The first-order valence-corrected chi connectivity index (χ1v) is 9.77. The Hall–Kier alpha value is -2.95. The minimum absolute atomic E-state index is 0.218. The van der Waals surface area contributed by atoms with E-state index >= 15 is 0 Å². The van der Waals surface area contributed by atoms with Crippen molar-refractivity contribution in [1.29, 1.82) is 0 Å². The van der Waals surface area contributed by atoms with E-state index in [4.69, 9.17) is 22.1 Å². The van der Waals surface area contributed by atoms with Crippen molar-refractivity contribution >= 4 is 35.3 Å². The van der Waals surface area contributed by atoms with Crippen LogP contribution in [-0.4, -0.2) is 70.2 Å². The van der Waals surface area contributed by atoms with Crippen LogP contribution in [-0.2, 0) is 16.1 Å². The number of hydrogen-bond acceptors (Lipinski definition) is 7. The predicted molar refractivity (Wildman–Crippen MR) is 110 cm³/mol. The Balaban J connectivity index is 1.58. The maximum atomic E-state index is 12.6. The molecule has 10 nitrogen and oxygen atoms in total. The van der Waals surface area contributed by atoms with Crippen LogP contribution in [0.3, 0.4) is 0 Å². The highest BCUT2D eigenvalue weighted by molar-refractivity contribution is 6.30. The highest BCUT2D eigenvalue weighted by Gasteiger charge is 2.24. The lowest BCUT2D eigenvalue weighted by molar-refractivity contribution is -0.132. The minimum atomic E-state index is -0.535. The van der Waals surface area contributed by atoms with Gasteiger partial charge < -0.3 is 20.7 Å². The number of carbonyl (C=O) groups is 3. The standard InChI is InChI=1S/C19H23ClN6O4/c1-13(27)22-17-4-5-26(23-17)19(29)25-8-6-24(7-9-25)12-14-2-3-15(20)10-16(14)30-18(28)11-21/h2-5,10H,6-9,11-12,21H2,1H3,(H,22,23,27). The number of amides is 2. The van der Waals surface area contributed by atoms with Gasteiger partial charge in [0.1, 0.15) is 5.75 Å². The molecule has 0 spiro atoms. The molecule has 2 aromatic rings. The van der Waals surface area contributed by atoms with Crippen molar-refractivity contribution in [3.63, 3.8) is 0 Å². The van der Waals surface area contributed by atoms with E-state index in [0.717, 1.165) is 5.56 Å². The third-order valence-corrected chi connectivity index (χ3v) is 4.78. The Morgan fingerprint density at radius 1 is 1.20 bits per heavy atom. The van der Waals surface area contributed by atoms with E-state index < -0.39 is 5.97 Å². The van der Waals surface area contributed by atoms with Crippen LogP contribution in [0, 0.1) is 0 Å². The van der Waals surface area contributed by atoms with Crippen molar-refractivity contribution in [2.24, 2.45) is 5.73 Å². The lowest BCUT2D eigenvalue weighted by atomic mass is 10.1. The van der Waals surface area contributed by atoms with Gasteiger partial charge in [0.2, 0.25) is 5.91 Å². The average Bonchev–Trinajstić information content (AvgIpc) is 3.17. The zero-order valence-electron chi connectivity index (χ0n) is 16.5. The molecule has 1 saturated heterocycles. The highest BCUT2D eigenvalue weighted by Crippen LogP contribution is 2.25. The summed E-state index contributed by atoms with van der Waals surface area (Å²) in [6.07, 6.45) is 1.52. The van der Waals surface area contributed by atoms with Gasteiger partial charge in [-0.2, -0.15) is 4.68 Å². The van der Waals surface area contributed by atoms with E-state index in [-0.39, 0.29) is 18.5 Å². The average molecular weight is 435 g/mol. The van der Waals surface area contributed by atoms with Gasteiger partial charge >= 0.3 is 12.0 Å². The fourth-order valence-corrected chi connectivity index (χ4v) is 3.24. The van der Waals surface area contributed by atoms with E-state index in [9.17, 15) is 14.4 Å². The number of nitrogens with one attached hydrogen (secondary N) is 1. The van der Waals surface area contributed by atoms with E-state index in [0.29, 0.717) is 49.3 Å². The number of nitrogens with two attached hydrogens (primary N) is 1. The quantitative estimate of drug-likeness (QED) is 0.534. The van der Waals surface area contributed by atoms with Crippen LogP contribution in [0.2, 0.25) is 5.02 Å². The van der Waals surface area contributed by atoms with Crippen molar-refractivity contribution in [3.8, 4) is 5.75 Å². The van der Waals surface area contributed by atoms with Crippen LogP contribution in [0.5, 0.6) is 5.75 Å². The summed E-state index contributed by atoms with van der Waals surface area (Å²) in [7, 11) is 0. The summed E-state index contributed by atoms with van der Waals surface area (Å²) < 4.78 is 6.50. The summed E-state index contributed by atoms with van der Waals surface area (Å²) >= 11 is 6.02. The van der Waals surface area contributed by atoms with Crippen molar-refractivity contribution in [1.82, 2.24) is 19.6 Å². The first-order chi connectivity index (χ1) is 14.4. The van der Waals surface area contributed by atoms with Gasteiger partial charge in [0.05, 0.1) is 6.54 Å². The number of nitrogens with zero attached hydrogens (tertiary/aromatic N) is 4. The zero-order chi connectivity index (χ0) is 21.7. The third kappa shape index (κ3) is 5.56. The summed E-state index contributed by atoms with van der Waals surface area (Å²) in [5.74, 6) is -0.0675. The summed E-state index contributed by atoms with van der Waals surface area (Å²) in [5, 5.41) is 7.08. The van der Waals surface area contributed by atoms with Gasteiger partial charge in [-0.25, -0.2) is 4.79 Å². The van der Waals surface area contributed by atoms with E-state index in [1.165, 1.54) is 17.8 Å². The molecule has 0 bridgehead atoms. The largest absolute Gasteiger partial charge is 0.425 e. The SMILES string of the molecule is CC(=O)Nc1ccn(C(=O)N2CCN(Cc3ccc(Cl)cc3OC(=O)CN)CC2)n1. The van der Waals surface area contributed by atoms with Gasteiger partial charge in [-0.05, 0) is 12.1 Å². The number of esters is 1. The molecule has 0 atom stereocenters. The lowest BCUT2D eigenvalue weighted by Gasteiger charge is -2.34. The molecule has 3 N–H and O–H groups in total. The second-order valence-corrected chi connectivity index (χ2v) is 7.24. The van der Waals surface area contributed by atoms with Crippen LogP contribution < -0.4 is 15.8 Å². The Kier molecular flexibility index (Phi) is 7.03. The molecular formula is C19H23ClN6O4. The molecule has 0 saturated carbocycles. The molecule has 30 heavy (non-hydrogen) atoms. The molecule has 1 aromatic heterocycles. The molecule has 2 amide bonds. The van der Waals surface area contributed by atoms with Gasteiger partial charge in [0.15, 0.2) is 5.82 Å². The van der Waals surface area contributed by atoms with Gasteiger partial charge in [-0.3, -0.25) is 14.5 Å². The Morgan fingerprint density at radius 2 is 1.93 bits per heavy atom. The second kappa shape index (κ2) is 9.70. The first-order valence-electron chi connectivity index (χ1n) is 9.40. The maximum Gasteiger partial charge on any atom is 0.344 e. The number of benzene rings is 1. The molecule has 1 fully saturated rings. The number of piperazine rings is 1. The Bertz CT molecular complexity index is 939. The monoisotopic (exact) mass is 434 g/mol. The zero-order valence-corrected chi connectivity index (χ0v) is 17.3. The van der Waals surface area contributed by atoms with Gasteiger partial charge in [-0.1, -0.05) is 17.7 Å².